The van der Waals surface area contributed by atoms with E-state index in [4.69, 9.17) is 5.11 Å². The quantitative estimate of drug-likeness (QED) is 0.907. The van der Waals surface area contributed by atoms with Crippen molar-refractivity contribution in [2.24, 2.45) is 5.41 Å². The molecule has 1 amide bonds. The van der Waals surface area contributed by atoms with Crippen molar-refractivity contribution in [2.45, 2.75) is 44.7 Å². The van der Waals surface area contributed by atoms with Gasteiger partial charge in [0, 0.05) is 13.1 Å². The van der Waals surface area contributed by atoms with E-state index in [-0.39, 0.29) is 13.0 Å². The second-order valence-electron chi connectivity index (χ2n) is 6.94. The van der Waals surface area contributed by atoms with Gasteiger partial charge in [-0.05, 0) is 48.8 Å². The number of aliphatic carboxylic acids is 1. The summed E-state index contributed by atoms with van der Waals surface area (Å²) in [7, 11) is 0. The van der Waals surface area contributed by atoms with Gasteiger partial charge in [-0.25, -0.2) is 0 Å². The number of rotatable bonds is 3. The summed E-state index contributed by atoms with van der Waals surface area (Å²) in [4.78, 5) is 24.6. The predicted octanol–water partition coefficient (Wildman–Crippen LogP) is 2.97. The summed E-state index contributed by atoms with van der Waals surface area (Å²) in [5.41, 5.74) is 0.391. The molecule has 1 aliphatic carbocycles. The number of alkyl halides is 3. The number of carbonyl (C=O) groups excluding carboxylic acids is 1. The van der Waals surface area contributed by atoms with E-state index in [0.717, 1.165) is 36.1 Å². The number of carboxylic acid groups (broad SMARTS) is 1. The molecule has 0 saturated carbocycles. The van der Waals surface area contributed by atoms with E-state index in [1.807, 2.05) is 18.2 Å². The summed E-state index contributed by atoms with van der Waals surface area (Å²) >= 11 is 0. The van der Waals surface area contributed by atoms with Gasteiger partial charge in [0.2, 0.25) is 5.91 Å². The van der Waals surface area contributed by atoms with Crippen molar-refractivity contribution in [3.05, 3.63) is 34.9 Å². The highest BCUT2D eigenvalue weighted by atomic mass is 19.4. The minimum Gasteiger partial charge on any atom is -0.481 e. The van der Waals surface area contributed by atoms with Gasteiger partial charge in [0.1, 0.15) is 0 Å². The first kappa shape index (κ1) is 17.8. The van der Waals surface area contributed by atoms with Gasteiger partial charge in [0.05, 0.1) is 6.42 Å². The number of aryl methyl sites for hydroxylation is 2. The fourth-order valence-electron chi connectivity index (χ4n) is 3.73. The third-order valence-electron chi connectivity index (χ3n) is 5.34. The first-order chi connectivity index (χ1) is 11.7. The summed E-state index contributed by atoms with van der Waals surface area (Å²) < 4.78 is 39.6. The van der Waals surface area contributed by atoms with E-state index < -0.39 is 36.4 Å². The normalized spacial score (nSPS) is 23.4. The number of amides is 1. The lowest BCUT2D eigenvalue weighted by Gasteiger charge is -2.27. The number of carboxylic acids is 1. The third kappa shape index (κ3) is 3.24. The second kappa shape index (κ2) is 6.35. The highest BCUT2D eigenvalue weighted by molar-refractivity contribution is 5.82. The van der Waals surface area contributed by atoms with Crippen molar-refractivity contribution in [3.63, 3.8) is 0 Å². The largest absolute Gasteiger partial charge is 0.481 e. The van der Waals surface area contributed by atoms with Gasteiger partial charge >= 0.3 is 12.1 Å². The fourth-order valence-corrected chi connectivity index (χ4v) is 3.73. The van der Waals surface area contributed by atoms with Crippen LogP contribution in [-0.2, 0) is 28.9 Å². The Balaban J connectivity index is 1.71. The summed E-state index contributed by atoms with van der Waals surface area (Å²) in [5.74, 6) is -2.37. The lowest BCUT2D eigenvalue weighted by molar-refractivity contribution is -0.227. The van der Waals surface area contributed by atoms with Crippen molar-refractivity contribution in [1.82, 2.24) is 4.90 Å². The molecule has 0 bridgehead atoms. The van der Waals surface area contributed by atoms with Crippen molar-refractivity contribution < 1.29 is 27.9 Å². The maximum absolute atomic E-state index is 13.2. The lowest BCUT2D eigenvalue weighted by atomic mass is 9.86. The standard InChI is InChI=1S/C18H20F3NO3/c19-18(20,21)17(16(24)25)7-8-22(11-17)15(23)10-12-5-6-13-3-1-2-4-14(13)9-12/h5-6,9H,1-4,7-8,10-11H2,(H,24,25). The molecule has 4 nitrogen and oxygen atoms in total. The van der Waals surface area contributed by atoms with E-state index in [2.05, 4.69) is 0 Å². The summed E-state index contributed by atoms with van der Waals surface area (Å²) in [5, 5.41) is 9.06. The fraction of sp³-hybridized carbons (Fsp3) is 0.556. The summed E-state index contributed by atoms with van der Waals surface area (Å²) in [6, 6.07) is 5.78. The van der Waals surface area contributed by atoms with E-state index in [9.17, 15) is 22.8 Å². The van der Waals surface area contributed by atoms with Gasteiger partial charge in [0.15, 0.2) is 5.41 Å². The zero-order valence-electron chi connectivity index (χ0n) is 13.7. The first-order valence-corrected chi connectivity index (χ1v) is 8.41. The molecular weight excluding hydrogens is 335 g/mol. The molecule has 1 aromatic rings. The smallest absolute Gasteiger partial charge is 0.406 e. The molecule has 1 atom stereocenters. The molecule has 25 heavy (non-hydrogen) atoms. The monoisotopic (exact) mass is 355 g/mol. The zero-order valence-corrected chi connectivity index (χ0v) is 13.7. The van der Waals surface area contributed by atoms with Crippen LogP contribution in [0.2, 0.25) is 0 Å². The summed E-state index contributed by atoms with van der Waals surface area (Å²) in [6.45, 7) is -0.995. The highest BCUT2D eigenvalue weighted by Gasteiger charge is 2.64. The lowest BCUT2D eigenvalue weighted by Crippen LogP contribution is -2.47. The topological polar surface area (TPSA) is 57.6 Å². The van der Waals surface area contributed by atoms with E-state index in [1.165, 1.54) is 11.1 Å². The maximum Gasteiger partial charge on any atom is 0.406 e. The van der Waals surface area contributed by atoms with Gasteiger partial charge in [-0.1, -0.05) is 18.2 Å². The molecule has 136 valence electrons. The summed E-state index contributed by atoms with van der Waals surface area (Å²) in [6.07, 6.45) is -1.25. The van der Waals surface area contributed by atoms with Crippen LogP contribution in [0.5, 0.6) is 0 Å². The van der Waals surface area contributed by atoms with Crippen molar-refractivity contribution in [1.29, 1.82) is 0 Å². The Labute approximate surface area is 143 Å². The molecule has 1 aromatic carbocycles. The van der Waals surface area contributed by atoms with Gasteiger partial charge < -0.3 is 10.0 Å². The first-order valence-electron chi connectivity index (χ1n) is 8.41. The van der Waals surface area contributed by atoms with Crippen molar-refractivity contribution >= 4 is 11.9 Å². The third-order valence-corrected chi connectivity index (χ3v) is 5.34. The molecule has 1 heterocycles. The van der Waals surface area contributed by atoms with Gasteiger partial charge in [0.25, 0.3) is 0 Å². The molecule has 0 radical (unpaired) electrons. The number of hydrogen-bond donors (Lipinski definition) is 1. The Morgan fingerprint density at radius 3 is 2.44 bits per heavy atom. The number of fused-ring (bicyclic) bond motifs is 1. The SMILES string of the molecule is O=C(Cc1ccc2c(c1)CCCC2)N1CCC(C(=O)O)(C(F)(F)F)C1. The molecule has 3 rings (SSSR count). The van der Waals surface area contributed by atoms with Crippen LogP contribution < -0.4 is 0 Å². The zero-order chi connectivity index (χ0) is 18.2. The van der Waals surface area contributed by atoms with Crippen molar-refractivity contribution in [3.8, 4) is 0 Å². The number of nitrogens with zero attached hydrogens (tertiary/aromatic N) is 1. The van der Waals surface area contributed by atoms with Crippen LogP contribution in [-0.4, -0.2) is 41.1 Å². The highest BCUT2D eigenvalue weighted by Crippen LogP contribution is 2.45. The molecule has 0 spiro atoms. The maximum atomic E-state index is 13.2. The molecule has 0 aromatic heterocycles. The van der Waals surface area contributed by atoms with Crippen LogP contribution in [0, 0.1) is 5.41 Å². The van der Waals surface area contributed by atoms with Gasteiger partial charge in [-0.3, -0.25) is 9.59 Å². The van der Waals surface area contributed by atoms with Gasteiger partial charge in [-0.15, -0.1) is 0 Å². The molecule has 1 saturated heterocycles. The molecule has 1 N–H and O–H groups in total. The van der Waals surface area contributed by atoms with Crippen LogP contribution in [0.4, 0.5) is 13.2 Å². The Morgan fingerprint density at radius 1 is 1.16 bits per heavy atom. The number of carbonyl (C=O) groups is 2. The minimum absolute atomic E-state index is 0.000830. The molecule has 7 heteroatoms. The Morgan fingerprint density at radius 2 is 1.84 bits per heavy atom. The van der Waals surface area contributed by atoms with Crippen LogP contribution in [0.3, 0.4) is 0 Å². The molecule has 1 fully saturated rings. The number of likely N-dealkylation sites (tertiary alicyclic amines) is 1. The van der Waals surface area contributed by atoms with E-state index >= 15 is 0 Å². The number of hydrogen-bond acceptors (Lipinski definition) is 2. The molecule has 1 unspecified atom stereocenters. The van der Waals surface area contributed by atoms with E-state index in [0.29, 0.717) is 0 Å². The minimum atomic E-state index is -4.88. The average Bonchev–Trinajstić information content (AvgIpc) is 3.01. The van der Waals surface area contributed by atoms with Crippen LogP contribution >= 0.6 is 0 Å². The van der Waals surface area contributed by atoms with Gasteiger partial charge in [-0.2, -0.15) is 13.2 Å². The van der Waals surface area contributed by atoms with Crippen molar-refractivity contribution in [2.75, 3.05) is 13.1 Å². The molecule has 2 aliphatic rings. The van der Waals surface area contributed by atoms with Crippen LogP contribution in [0.1, 0.15) is 36.0 Å². The Kier molecular flexibility index (Phi) is 4.51. The van der Waals surface area contributed by atoms with Crippen LogP contribution in [0.25, 0.3) is 0 Å². The Hall–Kier alpha value is -2.05. The molecular formula is C18H20F3NO3. The van der Waals surface area contributed by atoms with E-state index in [1.54, 1.807) is 0 Å². The second-order valence-corrected chi connectivity index (χ2v) is 6.94. The average molecular weight is 355 g/mol. The molecule has 1 aliphatic heterocycles. The number of halogens is 3. The predicted molar refractivity (Wildman–Crippen MR) is 84.1 cm³/mol. The Bertz CT molecular complexity index is 701. The van der Waals surface area contributed by atoms with Crippen LogP contribution in [0.15, 0.2) is 18.2 Å². The number of benzene rings is 1.